The zero-order valence-corrected chi connectivity index (χ0v) is 16.1. The maximum Gasteiger partial charge on any atom is 0.195 e. The highest BCUT2D eigenvalue weighted by Gasteiger charge is 2.29. The second-order valence-corrected chi connectivity index (χ2v) is 6.40. The van der Waals surface area contributed by atoms with Gasteiger partial charge in [0, 0.05) is 37.9 Å². The van der Waals surface area contributed by atoms with Gasteiger partial charge in [-0.3, -0.25) is 4.99 Å². The SMILES string of the molecule is CN=C(NCC1CCOC1c1ccccc1)Nc1ccc(OC)c(OC)c1. The fourth-order valence-corrected chi connectivity index (χ4v) is 3.31. The van der Waals surface area contributed by atoms with Gasteiger partial charge in [0.1, 0.15) is 0 Å². The Bertz CT molecular complexity index is 765. The van der Waals surface area contributed by atoms with Crippen molar-refractivity contribution in [1.82, 2.24) is 5.32 Å². The standard InChI is InChI=1S/C21H27N3O3/c1-22-21(24-17-9-10-18(25-2)19(13-17)26-3)23-14-16-11-12-27-20(16)15-7-5-4-6-8-15/h4-10,13,16,20H,11-12,14H2,1-3H3,(H2,22,23,24). The molecule has 0 bridgehead atoms. The lowest BCUT2D eigenvalue weighted by Crippen LogP contribution is -2.35. The average molecular weight is 369 g/mol. The van der Waals surface area contributed by atoms with E-state index < -0.39 is 0 Å². The number of hydrogen-bond donors (Lipinski definition) is 2. The van der Waals surface area contributed by atoms with Crippen LogP contribution in [0, 0.1) is 5.92 Å². The second kappa shape index (κ2) is 9.28. The fraction of sp³-hybridized carbons (Fsp3) is 0.381. The van der Waals surface area contributed by atoms with Gasteiger partial charge in [0.2, 0.25) is 0 Å². The normalized spacial score (nSPS) is 19.6. The van der Waals surface area contributed by atoms with Crippen LogP contribution in [0.3, 0.4) is 0 Å². The summed E-state index contributed by atoms with van der Waals surface area (Å²) >= 11 is 0. The van der Waals surface area contributed by atoms with Crippen molar-refractivity contribution < 1.29 is 14.2 Å². The van der Waals surface area contributed by atoms with E-state index in [0.29, 0.717) is 23.4 Å². The molecule has 1 aliphatic rings. The van der Waals surface area contributed by atoms with Crippen LogP contribution in [0.25, 0.3) is 0 Å². The van der Waals surface area contributed by atoms with E-state index >= 15 is 0 Å². The largest absolute Gasteiger partial charge is 0.493 e. The molecule has 0 saturated carbocycles. The van der Waals surface area contributed by atoms with Crippen molar-refractivity contribution in [1.29, 1.82) is 0 Å². The van der Waals surface area contributed by atoms with Crippen LogP contribution in [0.1, 0.15) is 18.1 Å². The molecule has 2 atom stereocenters. The molecule has 0 spiro atoms. The van der Waals surface area contributed by atoms with Crippen LogP contribution >= 0.6 is 0 Å². The summed E-state index contributed by atoms with van der Waals surface area (Å²) in [6, 6.07) is 16.1. The number of nitrogens with one attached hydrogen (secondary N) is 2. The molecule has 2 aromatic rings. The summed E-state index contributed by atoms with van der Waals surface area (Å²) in [7, 11) is 5.01. The zero-order valence-electron chi connectivity index (χ0n) is 16.1. The minimum absolute atomic E-state index is 0.123. The van der Waals surface area contributed by atoms with Crippen LogP contribution in [0.4, 0.5) is 5.69 Å². The van der Waals surface area contributed by atoms with E-state index in [2.05, 4.69) is 39.9 Å². The molecule has 6 heteroatoms. The number of aliphatic imine (C=N–C) groups is 1. The number of hydrogen-bond acceptors (Lipinski definition) is 4. The molecule has 1 saturated heterocycles. The lowest BCUT2D eigenvalue weighted by molar-refractivity contribution is 0.0915. The Morgan fingerprint density at radius 3 is 2.59 bits per heavy atom. The molecule has 6 nitrogen and oxygen atoms in total. The summed E-state index contributed by atoms with van der Waals surface area (Å²) in [6.45, 7) is 1.57. The highest BCUT2D eigenvalue weighted by Crippen LogP contribution is 2.34. The van der Waals surface area contributed by atoms with E-state index in [-0.39, 0.29) is 6.10 Å². The molecule has 1 fully saturated rings. The molecule has 0 amide bonds. The molecule has 2 N–H and O–H groups in total. The third-order valence-electron chi connectivity index (χ3n) is 4.74. The Labute approximate surface area is 160 Å². The van der Waals surface area contributed by atoms with Crippen molar-refractivity contribution in [3.8, 4) is 11.5 Å². The van der Waals surface area contributed by atoms with E-state index in [4.69, 9.17) is 14.2 Å². The lowest BCUT2D eigenvalue weighted by Gasteiger charge is -2.21. The monoisotopic (exact) mass is 369 g/mol. The summed E-state index contributed by atoms with van der Waals surface area (Å²) in [5.74, 6) is 2.48. The first-order valence-corrected chi connectivity index (χ1v) is 9.11. The smallest absolute Gasteiger partial charge is 0.195 e. The number of nitrogens with zero attached hydrogens (tertiary/aromatic N) is 1. The van der Waals surface area contributed by atoms with Crippen molar-refractivity contribution in [3.63, 3.8) is 0 Å². The van der Waals surface area contributed by atoms with Gasteiger partial charge in [-0.2, -0.15) is 0 Å². The molecule has 0 radical (unpaired) electrons. The molecule has 0 aliphatic carbocycles. The highest BCUT2D eigenvalue weighted by atomic mass is 16.5. The predicted molar refractivity (Wildman–Crippen MR) is 108 cm³/mol. The number of rotatable bonds is 6. The Morgan fingerprint density at radius 1 is 1.11 bits per heavy atom. The molecule has 1 heterocycles. The van der Waals surface area contributed by atoms with Crippen molar-refractivity contribution in [2.24, 2.45) is 10.9 Å². The van der Waals surface area contributed by atoms with Crippen LogP contribution in [0.15, 0.2) is 53.5 Å². The zero-order chi connectivity index (χ0) is 19.1. The molecule has 0 aromatic heterocycles. The summed E-state index contributed by atoms with van der Waals surface area (Å²) in [6.07, 6.45) is 1.15. The van der Waals surface area contributed by atoms with Crippen molar-refractivity contribution in [2.75, 3.05) is 39.7 Å². The lowest BCUT2D eigenvalue weighted by atomic mass is 9.95. The summed E-state index contributed by atoms with van der Waals surface area (Å²) in [4.78, 5) is 4.32. The number of guanidine groups is 1. The molecule has 144 valence electrons. The topological polar surface area (TPSA) is 64.1 Å². The Kier molecular flexibility index (Phi) is 6.54. The molecular formula is C21H27N3O3. The van der Waals surface area contributed by atoms with Gasteiger partial charge in [0.15, 0.2) is 17.5 Å². The third-order valence-corrected chi connectivity index (χ3v) is 4.74. The molecule has 2 aromatic carbocycles. The Morgan fingerprint density at radius 2 is 1.89 bits per heavy atom. The number of benzene rings is 2. The van der Waals surface area contributed by atoms with Crippen LogP contribution in [0.2, 0.25) is 0 Å². The van der Waals surface area contributed by atoms with Gasteiger partial charge in [-0.15, -0.1) is 0 Å². The minimum Gasteiger partial charge on any atom is -0.493 e. The maximum atomic E-state index is 5.96. The summed E-state index contributed by atoms with van der Waals surface area (Å²) in [5.41, 5.74) is 2.10. The van der Waals surface area contributed by atoms with Gasteiger partial charge < -0.3 is 24.8 Å². The van der Waals surface area contributed by atoms with Gasteiger partial charge >= 0.3 is 0 Å². The molecular weight excluding hydrogens is 342 g/mol. The van der Waals surface area contributed by atoms with E-state index in [1.54, 1.807) is 21.3 Å². The highest BCUT2D eigenvalue weighted by molar-refractivity contribution is 5.93. The van der Waals surface area contributed by atoms with E-state index in [1.165, 1.54) is 5.56 Å². The maximum absolute atomic E-state index is 5.96. The predicted octanol–water partition coefficient (Wildman–Crippen LogP) is 3.47. The molecule has 3 rings (SSSR count). The van der Waals surface area contributed by atoms with Crippen molar-refractivity contribution in [3.05, 3.63) is 54.1 Å². The van der Waals surface area contributed by atoms with Crippen LogP contribution in [-0.2, 0) is 4.74 Å². The first-order valence-electron chi connectivity index (χ1n) is 9.11. The van der Waals surface area contributed by atoms with E-state index in [0.717, 1.165) is 25.3 Å². The summed E-state index contributed by atoms with van der Waals surface area (Å²) in [5, 5.41) is 6.71. The molecule has 27 heavy (non-hydrogen) atoms. The number of anilines is 1. The van der Waals surface area contributed by atoms with Gasteiger partial charge in [0.25, 0.3) is 0 Å². The van der Waals surface area contributed by atoms with Crippen LogP contribution in [-0.4, -0.2) is 40.4 Å². The van der Waals surface area contributed by atoms with Crippen molar-refractivity contribution >= 4 is 11.6 Å². The van der Waals surface area contributed by atoms with E-state index in [1.807, 2.05) is 24.3 Å². The van der Waals surface area contributed by atoms with Gasteiger partial charge in [0.05, 0.1) is 20.3 Å². The number of ether oxygens (including phenoxy) is 3. The van der Waals surface area contributed by atoms with Gasteiger partial charge in [-0.25, -0.2) is 0 Å². The van der Waals surface area contributed by atoms with Gasteiger partial charge in [-0.05, 0) is 24.1 Å². The average Bonchev–Trinajstić information content (AvgIpc) is 3.20. The number of methoxy groups -OCH3 is 2. The first-order chi connectivity index (χ1) is 13.2. The van der Waals surface area contributed by atoms with Crippen LogP contribution in [0.5, 0.6) is 11.5 Å². The van der Waals surface area contributed by atoms with Gasteiger partial charge in [-0.1, -0.05) is 30.3 Å². The quantitative estimate of drug-likeness (QED) is 0.603. The Hall–Kier alpha value is -2.73. The first kappa shape index (κ1) is 19.0. The summed E-state index contributed by atoms with van der Waals surface area (Å²) < 4.78 is 16.6. The Balaban J connectivity index is 1.61. The van der Waals surface area contributed by atoms with E-state index in [9.17, 15) is 0 Å². The molecule has 1 aliphatic heterocycles. The second-order valence-electron chi connectivity index (χ2n) is 6.40. The minimum atomic E-state index is 0.123. The fourth-order valence-electron chi connectivity index (χ4n) is 3.31. The molecule has 2 unspecified atom stereocenters. The van der Waals surface area contributed by atoms with Crippen molar-refractivity contribution in [2.45, 2.75) is 12.5 Å². The van der Waals surface area contributed by atoms with Crippen LogP contribution < -0.4 is 20.1 Å². The third kappa shape index (κ3) is 4.71.